The van der Waals surface area contributed by atoms with E-state index in [1.54, 1.807) is 7.11 Å². The molecule has 1 aromatic carbocycles. The number of halogens is 1. The van der Waals surface area contributed by atoms with Crippen LogP contribution in [0.2, 0.25) is 0 Å². The van der Waals surface area contributed by atoms with E-state index in [9.17, 15) is 4.79 Å². The number of benzene rings is 1. The SMILES string of the molecule is COC(=O)CNCc1ccccc1OC.Cl. The van der Waals surface area contributed by atoms with Crippen LogP contribution < -0.4 is 10.1 Å². The van der Waals surface area contributed by atoms with E-state index in [1.807, 2.05) is 24.3 Å². The minimum Gasteiger partial charge on any atom is -0.496 e. The molecule has 0 fully saturated rings. The molecule has 0 aliphatic heterocycles. The van der Waals surface area contributed by atoms with Gasteiger partial charge in [-0.15, -0.1) is 12.4 Å². The normalized spacial score (nSPS) is 9.12. The molecule has 0 heterocycles. The molecule has 0 aliphatic carbocycles. The number of carbonyl (C=O) groups excluding carboxylic acids is 1. The molecule has 0 saturated heterocycles. The van der Waals surface area contributed by atoms with Crippen molar-refractivity contribution < 1.29 is 14.3 Å². The fourth-order valence-electron chi connectivity index (χ4n) is 1.22. The number of hydrogen-bond acceptors (Lipinski definition) is 4. The first-order valence-corrected chi connectivity index (χ1v) is 4.67. The lowest BCUT2D eigenvalue weighted by Gasteiger charge is -2.08. The van der Waals surface area contributed by atoms with Gasteiger partial charge in [-0.2, -0.15) is 0 Å². The van der Waals surface area contributed by atoms with Gasteiger partial charge < -0.3 is 14.8 Å². The van der Waals surface area contributed by atoms with E-state index >= 15 is 0 Å². The third-order valence-corrected chi connectivity index (χ3v) is 2.00. The second kappa shape index (κ2) is 7.96. The van der Waals surface area contributed by atoms with Crippen molar-refractivity contribution in [1.82, 2.24) is 5.32 Å². The molecule has 0 amide bonds. The lowest BCUT2D eigenvalue weighted by Crippen LogP contribution is -2.23. The first-order valence-electron chi connectivity index (χ1n) is 4.67. The summed E-state index contributed by atoms with van der Waals surface area (Å²) in [6, 6.07) is 7.67. The summed E-state index contributed by atoms with van der Waals surface area (Å²) < 4.78 is 9.69. The average Bonchev–Trinajstić information content (AvgIpc) is 2.29. The minimum atomic E-state index is -0.273. The molecule has 0 atom stereocenters. The summed E-state index contributed by atoms with van der Waals surface area (Å²) in [7, 11) is 2.99. The van der Waals surface area contributed by atoms with Gasteiger partial charge in [0, 0.05) is 12.1 Å². The Hall–Kier alpha value is -1.26. The summed E-state index contributed by atoms with van der Waals surface area (Å²) in [6.45, 7) is 0.785. The van der Waals surface area contributed by atoms with E-state index in [1.165, 1.54) is 7.11 Å². The Morgan fingerprint density at radius 1 is 1.31 bits per heavy atom. The van der Waals surface area contributed by atoms with Crippen LogP contribution in [-0.2, 0) is 16.1 Å². The van der Waals surface area contributed by atoms with Gasteiger partial charge in [0.15, 0.2) is 0 Å². The maximum Gasteiger partial charge on any atom is 0.319 e. The Labute approximate surface area is 101 Å². The van der Waals surface area contributed by atoms with Gasteiger partial charge in [0.25, 0.3) is 0 Å². The van der Waals surface area contributed by atoms with Gasteiger partial charge in [-0.3, -0.25) is 4.79 Å². The monoisotopic (exact) mass is 245 g/mol. The minimum absolute atomic E-state index is 0. The van der Waals surface area contributed by atoms with Crippen molar-refractivity contribution in [3.05, 3.63) is 29.8 Å². The van der Waals surface area contributed by atoms with Crippen LogP contribution in [0.1, 0.15) is 5.56 Å². The molecular formula is C11H16ClNO3. The number of ether oxygens (including phenoxy) is 2. The summed E-state index contributed by atoms with van der Waals surface area (Å²) in [5.41, 5.74) is 1.02. The lowest BCUT2D eigenvalue weighted by molar-refractivity contribution is -0.139. The summed E-state index contributed by atoms with van der Waals surface area (Å²) in [4.78, 5) is 10.8. The molecule has 16 heavy (non-hydrogen) atoms. The summed E-state index contributed by atoms with van der Waals surface area (Å²) >= 11 is 0. The van der Waals surface area contributed by atoms with Crippen LogP contribution in [0.25, 0.3) is 0 Å². The maximum atomic E-state index is 10.8. The molecule has 0 aliphatic rings. The highest BCUT2D eigenvalue weighted by Gasteiger charge is 2.02. The zero-order valence-corrected chi connectivity index (χ0v) is 10.2. The highest BCUT2D eigenvalue weighted by Crippen LogP contribution is 2.16. The van der Waals surface area contributed by atoms with Crippen LogP contribution in [0, 0.1) is 0 Å². The van der Waals surface area contributed by atoms with Crippen molar-refractivity contribution in [2.45, 2.75) is 6.54 Å². The van der Waals surface area contributed by atoms with Gasteiger partial charge in [0.2, 0.25) is 0 Å². The third-order valence-electron chi connectivity index (χ3n) is 2.00. The second-order valence-electron chi connectivity index (χ2n) is 2.99. The van der Waals surface area contributed by atoms with Crippen molar-refractivity contribution in [3.8, 4) is 5.75 Å². The van der Waals surface area contributed by atoms with Gasteiger partial charge in [-0.25, -0.2) is 0 Å². The predicted molar refractivity (Wildman–Crippen MR) is 64.0 cm³/mol. The smallest absolute Gasteiger partial charge is 0.319 e. The molecule has 0 spiro atoms. The van der Waals surface area contributed by atoms with Gasteiger partial charge in [0.05, 0.1) is 20.8 Å². The fourth-order valence-corrected chi connectivity index (χ4v) is 1.22. The number of rotatable bonds is 5. The van der Waals surface area contributed by atoms with Crippen LogP contribution in [0.5, 0.6) is 5.75 Å². The second-order valence-corrected chi connectivity index (χ2v) is 2.99. The molecule has 1 N–H and O–H groups in total. The largest absolute Gasteiger partial charge is 0.496 e. The van der Waals surface area contributed by atoms with E-state index < -0.39 is 0 Å². The van der Waals surface area contributed by atoms with Crippen LogP contribution >= 0.6 is 12.4 Å². The summed E-state index contributed by atoms with van der Waals surface area (Å²) in [6.07, 6.45) is 0. The molecule has 5 heteroatoms. The number of esters is 1. The number of hydrogen-bond donors (Lipinski definition) is 1. The summed E-state index contributed by atoms with van der Waals surface area (Å²) in [5.74, 6) is 0.541. The molecule has 0 bridgehead atoms. The molecule has 4 nitrogen and oxygen atoms in total. The molecule has 0 aromatic heterocycles. The van der Waals surface area contributed by atoms with Crippen molar-refractivity contribution in [2.24, 2.45) is 0 Å². The number of nitrogens with one attached hydrogen (secondary N) is 1. The van der Waals surface area contributed by atoms with Crippen LogP contribution in [0.4, 0.5) is 0 Å². The van der Waals surface area contributed by atoms with Crippen molar-refractivity contribution in [1.29, 1.82) is 0 Å². The third kappa shape index (κ3) is 4.51. The van der Waals surface area contributed by atoms with E-state index in [0.29, 0.717) is 6.54 Å². The molecule has 0 unspecified atom stereocenters. The molecule has 0 radical (unpaired) electrons. The lowest BCUT2D eigenvalue weighted by atomic mass is 10.2. The van der Waals surface area contributed by atoms with Crippen molar-refractivity contribution in [3.63, 3.8) is 0 Å². The molecule has 0 saturated carbocycles. The quantitative estimate of drug-likeness (QED) is 0.797. The zero-order chi connectivity index (χ0) is 11.1. The Morgan fingerprint density at radius 2 is 2.00 bits per heavy atom. The van der Waals surface area contributed by atoms with Crippen molar-refractivity contribution >= 4 is 18.4 Å². The van der Waals surface area contributed by atoms with Gasteiger partial charge in [-0.1, -0.05) is 18.2 Å². The number of methoxy groups -OCH3 is 2. The van der Waals surface area contributed by atoms with E-state index in [0.717, 1.165) is 11.3 Å². The standard InChI is InChI=1S/C11H15NO3.ClH/c1-14-10-6-4-3-5-9(10)7-12-8-11(13)15-2;/h3-6,12H,7-8H2,1-2H3;1H. The molecular weight excluding hydrogens is 230 g/mol. The van der Waals surface area contributed by atoms with Crippen LogP contribution in [0.3, 0.4) is 0 Å². The predicted octanol–water partition coefficient (Wildman–Crippen LogP) is 1.38. The van der Waals surface area contributed by atoms with Crippen molar-refractivity contribution in [2.75, 3.05) is 20.8 Å². The topological polar surface area (TPSA) is 47.6 Å². The van der Waals surface area contributed by atoms with Gasteiger partial charge >= 0.3 is 5.97 Å². The fraction of sp³-hybridized carbons (Fsp3) is 0.364. The number of para-hydroxylation sites is 1. The summed E-state index contributed by atoms with van der Waals surface area (Å²) in [5, 5.41) is 2.97. The Balaban J connectivity index is 0.00000225. The maximum absolute atomic E-state index is 10.8. The van der Waals surface area contributed by atoms with Crippen LogP contribution in [-0.4, -0.2) is 26.7 Å². The zero-order valence-electron chi connectivity index (χ0n) is 9.36. The highest BCUT2D eigenvalue weighted by atomic mass is 35.5. The van der Waals surface area contributed by atoms with E-state index in [-0.39, 0.29) is 24.9 Å². The van der Waals surface area contributed by atoms with Gasteiger partial charge in [0.1, 0.15) is 5.75 Å². The van der Waals surface area contributed by atoms with E-state index in [4.69, 9.17) is 4.74 Å². The van der Waals surface area contributed by atoms with Crippen LogP contribution in [0.15, 0.2) is 24.3 Å². The molecule has 1 aromatic rings. The number of carbonyl (C=O) groups is 1. The first-order chi connectivity index (χ1) is 7.27. The molecule has 90 valence electrons. The average molecular weight is 246 g/mol. The highest BCUT2D eigenvalue weighted by molar-refractivity contribution is 5.85. The Morgan fingerprint density at radius 3 is 2.62 bits per heavy atom. The Bertz CT molecular complexity index is 331. The van der Waals surface area contributed by atoms with Gasteiger partial charge in [-0.05, 0) is 6.07 Å². The Kier molecular flexibility index (Phi) is 7.33. The first kappa shape index (κ1) is 14.7. The van der Waals surface area contributed by atoms with E-state index in [2.05, 4.69) is 10.1 Å². The molecule has 1 rings (SSSR count).